The predicted octanol–water partition coefficient (Wildman–Crippen LogP) is 0.495. The molecule has 0 saturated carbocycles. The second kappa shape index (κ2) is 5.38. The number of rotatable bonds is 6. The van der Waals surface area contributed by atoms with E-state index in [0.717, 1.165) is 6.42 Å². The summed E-state index contributed by atoms with van der Waals surface area (Å²) >= 11 is 0. The third kappa shape index (κ3) is 3.54. The van der Waals surface area contributed by atoms with E-state index in [1.165, 1.54) is 17.1 Å². The number of nitrogens with one attached hydrogen (secondary N) is 1. The van der Waals surface area contributed by atoms with Crippen LogP contribution >= 0.6 is 0 Å². The van der Waals surface area contributed by atoms with Gasteiger partial charge in [-0.25, -0.2) is 13.1 Å². The number of aryl methyl sites for hydroxylation is 1. The zero-order valence-corrected chi connectivity index (χ0v) is 12.0. The van der Waals surface area contributed by atoms with Crippen molar-refractivity contribution in [3.8, 4) is 0 Å². The highest BCUT2D eigenvalue weighted by Gasteiger charge is 2.29. The standard InChI is InChI=1S/C11H21N3O3S/c1-5-9(2)11(3,15)8-13-18(16,17)10-6-12-14(4)7-10/h6-7,9,13,15H,5,8H2,1-4H3. The van der Waals surface area contributed by atoms with Gasteiger partial charge in [-0.2, -0.15) is 5.10 Å². The van der Waals surface area contributed by atoms with Crippen molar-refractivity contribution < 1.29 is 13.5 Å². The minimum atomic E-state index is -3.61. The van der Waals surface area contributed by atoms with E-state index in [1.54, 1.807) is 14.0 Å². The van der Waals surface area contributed by atoms with Gasteiger partial charge in [0.2, 0.25) is 10.0 Å². The lowest BCUT2D eigenvalue weighted by Crippen LogP contribution is -2.44. The summed E-state index contributed by atoms with van der Waals surface area (Å²) in [4.78, 5) is 0.102. The molecule has 1 aromatic heterocycles. The van der Waals surface area contributed by atoms with Crippen LogP contribution in [0, 0.1) is 5.92 Å². The summed E-state index contributed by atoms with van der Waals surface area (Å²) in [7, 11) is -1.96. The number of hydrogen-bond donors (Lipinski definition) is 2. The van der Waals surface area contributed by atoms with E-state index < -0.39 is 15.6 Å². The molecule has 0 bridgehead atoms. The Kier molecular flexibility index (Phi) is 4.52. The van der Waals surface area contributed by atoms with Crippen LogP contribution in [0.3, 0.4) is 0 Å². The monoisotopic (exact) mass is 275 g/mol. The quantitative estimate of drug-likeness (QED) is 0.791. The van der Waals surface area contributed by atoms with Gasteiger partial charge < -0.3 is 5.11 Å². The molecule has 0 aliphatic heterocycles. The average molecular weight is 275 g/mol. The van der Waals surface area contributed by atoms with E-state index in [0.29, 0.717) is 0 Å². The van der Waals surface area contributed by atoms with Gasteiger partial charge >= 0.3 is 0 Å². The fourth-order valence-corrected chi connectivity index (χ4v) is 2.60. The number of aliphatic hydroxyl groups is 1. The molecule has 1 rings (SSSR count). The summed E-state index contributed by atoms with van der Waals surface area (Å²) in [6, 6.07) is 0. The Bertz CT molecular complexity index is 493. The van der Waals surface area contributed by atoms with Gasteiger partial charge in [-0.3, -0.25) is 4.68 Å². The lowest BCUT2D eigenvalue weighted by atomic mass is 9.89. The third-order valence-electron chi connectivity index (χ3n) is 3.29. The highest BCUT2D eigenvalue weighted by Crippen LogP contribution is 2.19. The third-order valence-corrected chi connectivity index (χ3v) is 4.64. The van der Waals surface area contributed by atoms with Crippen LogP contribution in [-0.4, -0.2) is 35.5 Å². The SMILES string of the molecule is CCC(C)C(C)(O)CNS(=O)(=O)c1cnn(C)c1. The van der Waals surface area contributed by atoms with Gasteiger partial charge in [-0.1, -0.05) is 20.3 Å². The molecule has 0 spiro atoms. The van der Waals surface area contributed by atoms with Crippen molar-refractivity contribution in [2.75, 3.05) is 6.54 Å². The lowest BCUT2D eigenvalue weighted by molar-refractivity contribution is 0.0102. The second-order valence-corrected chi connectivity index (χ2v) is 6.61. The first-order valence-corrected chi connectivity index (χ1v) is 7.38. The van der Waals surface area contributed by atoms with E-state index in [2.05, 4.69) is 9.82 Å². The highest BCUT2D eigenvalue weighted by molar-refractivity contribution is 7.89. The van der Waals surface area contributed by atoms with Gasteiger partial charge in [0.1, 0.15) is 4.90 Å². The molecule has 7 heteroatoms. The molecule has 0 amide bonds. The molecule has 1 aromatic rings. The normalized spacial score (nSPS) is 17.4. The van der Waals surface area contributed by atoms with Crippen LogP contribution in [0.4, 0.5) is 0 Å². The first-order chi connectivity index (χ1) is 8.19. The molecule has 104 valence electrons. The maximum atomic E-state index is 11.9. The topological polar surface area (TPSA) is 84.2 Å². The first-order valence-electron chi connectivity index (χ1n) is 5.89. The molecule has 2 N–H and O–H groups in total. The summed E-state index contributed by atoms with van der Waals surface area (Å²) in [5, 5.41) is 14.0. The van der Waals surface area contributed by atoms with Gasteiger partial charge in [-0.15, -0.1) is 0 Å². The molecule has 0 aromatic carbocycles. The number of sulfonamides is 1. The van der Waals surface area contributed by atoms with Crippen LogP contribution in [0.1, 0.15) is 27.2 Å². The van der Waals surface area contributed by atoms with E-state index in [1.807, 2.05) is 13.8 Å². The van der Waals surface area contributed by atoms with Gasteiger partial charge in [-0.05, 0) is 12.8 Å². The van der Waals surface area contributed by atoms with Crippen LogP contribution in [-0.2, 0) is 17.1 Å². The molecule has 0 aliphatic carbocycles. The van der Waals surface area contributed by atoms with Crippen molar-refractivity contribution >= 4 is 10.0 Å². The zero-order chi connectivity index (χ0) is 14.0. The number of aromatic nitrogens is 2. The summed E-state index contributed by atoms with van der Waals surface area (Å²) < 4.78 is 27.7. The van der Waals surface area contributed by atoms with Crippen molar-refractivity contribution in [2.24, 2.45) is 13.0 Å². The molecule has 0 radical (unpaired) electrons. The molecule has 0 aliphatic rings. The van der Waals surface area contributed by atoms with Crippen molar-refractivity contribution in [2.45, 2.75) is 37.7 Å². The summed E-state index contributed by atoms with van der Waals surface area (Å²) in [6.07, 6.45) is 3.47. The molecule has 6 nitrogen and oxygen atoms in total. The van der Waals surface area contributed by atoms with Crippen molar-refractivity contribution in [1.29, 1.82) is 0 Å². The van der Waals surface area contributed by atoms with E-state index in [-0.39, 0.29) is 17.4 Å². The minimum Gasteiger partial charge on any atom is -0.389 e. The lowest BCUT2D eigenvalue weighted by Gasteiger charge is -2.29. The largest absolute Gasteiger partial charge is 0.389 e. The predicted molar refractivity (Wildman–Crippen MR) is 68.5 cm³/mol. The van der Waals surface area contributed by atoms with Crippen molar-refractivity contribution in [3.63, 3.8) is 0 Å². The van der Waals surface area contributed by atoms with E-state index in [9.17, 15) is 13.5 Å². The van der Waals surface area contributed by atoms with Crippen molar-refractivity contribution in [1.82, 2.24) is 14.5 Å². The Hall–Kier alpha value is -0.920. The Labute approximate surface area is 108 Å². The van der Waals surface area contributed by atoms with Crippen LogP contribution in [0.15, 0.2) is 17.3 Å². The van der Waals surface area contributed by atoms with Crippen LogP contribution in [0.25, 0.3) is 0 Å². The molecule has 2 atom stereocenters. The van der Waals surface area contributed by atoms with Crippen molar-refractivity contribution in [3.05, 3.63) is 12.4 Å². The maximum absolute atomic E-state index is 11.9. The second-order valence-electron chi connectivity index (χ2n) is 4.84. The molecule has 0 fully saturated rings. The zero-order valence-electron chi connectivity index (χ0n) is 11.2. The molecular formula is C11H21N3O3S. The molecule has 1 heterocycles. The van der Waals surface area contributed by atoms with E-state index >= 15 is 0 Å². The molecule has 18 heavy (non-hydrogen) atoms. The minimum absolute atomic E-state index is 0.00842. The highest BCUT2D eigenvalue weighted by atomic mass is 32.2. The van der Waals surface area contributed by atoms with Gasteiger partial charge in [0.25, 0.3) is 0 Å². The average Bonchev–Trinajstić information content (AvgIpc) is 2.73. The smallest absolute Gasteiger partial charge is 0.243 e. The first kappa shape index (κ1) is 15.1. The molecule has 0 saturated heterocycles. The Morgan fingerprint density at radius 2 is 2.22 bits per heavy atom. The van der Waals surface area contributed by atoms with Gasteiger partial charge in [0.05, 0.1) is 11.8 Å². The molecular weight excluding hydrogens is 254 g/mol. The Balaban J connectivity index is 2.74. The summed E-state index contributed by atoms with van der Waals surface area (Å²) in [5.41, 5.74) is -1.07. The van der Waals surface area contributed by atoms with Crippen LogP contribution < -0.4 is 4.72 Å². The Morgan fingerprint density at radius 3 is 2.67 bits per heavy atom. The maximum Gasteiger partial charge on any atom is 0.243 e. The Morgan fingerprint density at radius 1 is 1.61 bits per heavy atom. The molecule has 2 unspecified atom stereocenters. The summed E-state index contributed by atoms with van der Waals surface area (Å²) in [6.45, 7) is 5.46. The van der Waals surface area contributed by atoms with Crippen LogP contribution in [0.2, 0.25) is 0 Å². The van der Waals surface area contributed by atoms with Crippen LogP contribution in [0.5, 0.6) is 0 Å². The summed E-state index contributed by atoms with van der Waals surface area (Å²) in [5.74, 6) is 0.00842. The fourth-order valence-electron chi connectivity index (χ4n) is 1.48. The number of hydrogen-bond acceptors (Lipinski definition) is 4. The van der Waals surface area contributed by atoms with Gasteiger partial charge in [0.15, 0.2) is 0 Å². The van der Waals surface area contributed by atoms with E-state index in [4.69, 9.17) is 0 Å². The number of nitrogens with zero attached hydrogens (tertiary/aromatic N) is 2. The van der Waals surface area contributed by atoms with Gasteiger partial charge in [0, 0.05) is 19.8 Å². The fraction of sp³-hybridized carbons (Fsp3) is 0.727.